The zero-order valence-electron chi connectivity index (χ0n) is 9.19. The Bertz CT molecular complexity index is 383. The van der Waals surface area contributed by atoms with Crippen LogP contribution in [0.3, 0.4) is 0 Å². The Hall–Kier alpha value is -1.64. The lowest BCUT2D eigenvalue weighted by molar-refractivity contribution is -0.133. The summed E-state index contributed by atoms with van der Waals surface area (Å²) in [5, 5.41) is 0. The van der Waals surface area contributed by atoms with E-state index in [2.05, 4.69) is 0 Å². The molecule has 1 aliphatic rings. The summed E-state index contributed by atoms with van der Waals surface area (Å²) >= 11 is 0. The molecule has 1 fully saturated rings. The highest BCUT2D eigenvalue weighted by molar-refractivity contribution is 5.77. The van der Waals surface area contributed by atoms with Crippen molar-refractivity contribution in [1.82, 2.24) is 4.90 Å². The largest absolute Gasteiger partial charge is 0.338 e. The summed E-state index contributed by atoms with van der Waals surface area (Å²) in [6, 6.07) is 7.39. The van der Waals surface area contributed by atoms with Crippen LogP contribution in [0.2, 0.25) is 0 Å². The number of hydrogen-bond donors (Lipinski definition) is 0. The van der Waals surface area contributed by atoms with Crippen LogP contribution in [-0.4, -0.2) is 23.6 Å². The Morgan fingerprint density at radius 2 is 1.94 bits per heavy atom. The van der Waals surface area contributed by atoms with Gasteiger partial charge in [-0.2, -0.15) is 0 Å². The van der Waals surface area contributed by atoms with Crippen molar-refractivity contribution in [2.45, 2.75) is 25.8 Å². The van der Waals surface area contributed by atoms with Gasteiger partial charge in [-0.3, -0.25) is 9.59 Å². The van der Waals surface area contributed by atoms with E-state index in [0.717, 1.165) is 31.2 Å². The molecule has 16 heavy (non-hydrogen) atoms. The number of aldehydes is 1. The number of benzene rings is 1. The third-order valence-corrected chi connectivity index (χ3v) is 2.91. The van der Waals surface area contributed by atoms with Crippen LogP contribution in [0.5, 0.6) is 0 Å². The average Bonchev–Trinajstić information content (AvgIpc) is 2.33. The van der Waals surface area contributed by atoms with Crippen LogP contribution in [-0.2, 0) is 11.3 Å². The first-order valence-corrected chi connectivity index (χ1v) is 5.61. The number of hydrogen-bond acceptors (Lipinski definition) is 2. The summed E-state index contributed by atoms with van der Waals surface area (Å²) in [5.41, 5.74) is 1.76. The normalized spacial score (nSPS) is 16.2. The minimum atomic E-state index is 0.241. The molecular weight excluding hydrogens is 202 g/mol. The molecule has 1 amide bonds. The fourth-order valence-corrected chi connectivity index (χ4v) is 1.95. The first-order chi connectivity index (χ1) is 7.79. The number of carbonyl (C=O) groups is 2. The Morgan fingerprint density at radius 1 is 1.19 bits per heavy atom. The highest BCUT2D eigenvalue weighted by Crippen LogP contribution is 2.14. The third-order valence-electron chi connectivity index (χ3n) is 2.91. The fourth-order valence-electron chi connectivity index (χ4n) is 1.95. The molecular formula is C13H15NO2. The molecule has 0 unspecified atom stereocenters. The standard InChI is InChI=1S/C13H15NO2/c15-10-12-6-4-11(5-7-12)9-14-8-2-1-3-13(14)16/h4-7,10H,1-3,8-9H2. The first-order valence-electron chi connectivity index (χ1n) is 5.61. The maximum Gasteiger partial charge on any atom is 0.222 e. The first kappa shape index (κ1) is 10.9. The number of rotatable bonds is 3. The molecule has 84 valence electrons. The zero-order chi connectivity index (χ0) is 11.4. The summed E-state index contributed by atoms with van der Waals surface area (Å²) in [6.07, 6.45) is 3.61. The van der Waals surface area contributed by atoms with Gasteiger partial charge < -0.3 is 4.90 Å². The van der Waals surface area contributed by atoms with Crippen molar-refractivity contribution in [3.05, 3.63) is 35.4 Å². The molecule has 1 heterocycles. The molecule has 1 aromatic rings. The van der Waals surface area contributed by atoms with Gasteiger partial charge in [0.05, 0.1) is 0 Å². The van der Waals surface area contributed by atoms with Crippen molar-refractivity contribution in [2.24, 2.45) is 0 Å². The van der Waals surface area contributed by atoms with Crippen molar-refractivity contribution in [2.75, 3.05) is 6.54 Å². The van der Waals surface area contributed by atoms with Crippen molar-refractivity contribution >= 4 is 12.2 Å². The Morgan fingerprint density at radius 3 is 2.56 bits per heavy atom. The van der Waals surface area contributed by atoms with Gasteiger partial charge in [-0.1, -0.05) is 24.3 Å². The average molecular weight is 217 g/mol. The van der Waals surface area contributed by atoms with E-state index >= 15 is 0 Å². The molecule has 0 spiro atoms. The minimum absolute atomic E-state index is 0.241. The summed E-state index contributed by atoms with van der Waals surface area (Å²) in [7, 11) is 0. The third kappa shape index (κ3) is 2.48. The van der Waals surface area contributed by atoms with Gasteiger partial charge in [0.1, 0.15) is 6.29 Å². The van der Waals surface area contributed by atoms with E-state index in [-0.39, 0.29) is 5.91 Å². The number of likely N-dealkylation sites (tertiary alicyclic amines) is 1. The molecule has 0 radical (unpaired) electrons. The topological polar surface area (TPSA) is 37.4 Å². The van der Waals surface area contributed by atoms with Crippen LogP contribution >= 0.6 is 0 Å². The molecule has 0 N–H and O–H groups in total. The van der Waals surface area contributed by atoms with E-state index in [0.29, 0.717) is 18.5 Å². The smallest absolute Gasteiger partial charge is 0.222 e. The lowest BCUT2D eigenvalue weighted by Crippen LogP contribution is -2.34. The summed E-state index contributed by atoms with van der Waals surface area (Å²) in [5.74, 6) is 0.241. The molecule has 1 aromatic carbocycles. The summed E-state index contributed by atoms with van der Waals surface area (Å²) < 4.78 is 0. The van der Waals surface area contributed by atoms with Gasteiger partial charge in [-0.05, 0) is 18.4 Å². The maximum atomic E-state index is 11.6. The summed E-state index contributed by atoms with van der Waals surface area (Å²) in [6.45, 7) is 1.52. The molecule has 3 nitrogen and oxygen atoms in total. The Balaban J connectivity index is 2.02. The van der Waals surface area contributed by atoms with Crippen LogP contribution in [0.1, 0.15) is 35.2 Å². The van der Waals surface area contributed by atoms with Crippen LogP contribution in [0.25, 0.3) is 0 Å². The second kappa shape index (κ2) is 4.92. The zero-order valence-corrected chi connectivity index (χ0v) is 9.19. The van der Waals surface area contributed by atoms with Crippen LogP contribution < -0.4 is 0 Å². The molecule has 0 aromatic heterocycles. The van der Waals surface area contributed by atoms with Crippen molar-refractivity contribution in [1.29, 1.82) is 0 Å². The quantitative estimate of drug-likeness (QED) is 0.726. The highest BCUT2D eigenvalue weighted by atomic mass is 16.2. The SMILES string of the molecule is O=Cc1ccc(CN2CCCCC2=O)cc1. The lowest BCUT2D eigenvalue weighted by Gasteiger charge is -2.26. The van der Waals surface area contributed by atoms with Crippen molar-refractivity contribution in [3.8, 4) is 0 Å². The monoisotopic (exact) mass is 217 g/mol. The number of carbonyl (C=O) groups excluding carboxylic acids is 2. The second-order valence-corrected chi connectivity index (χ2v) is 4.13. The van der Waals surface area contributed by atoms with Gasteiger partial charge in [0.25, 0.3) is 0 Å². The van der Waals surface area contributed by atoms with Gasteiger partial charge in [0.15, 0.2) is 0 Å². The predicted molar refractivity (Wildman–Crippen MR) is 61.1 cm³/mol. The van der Waals surface area contributed by atoms with E-state index in [9.17, 15) is 9.59 Å². The fraction of sp³-hybridized carbons (Fsp3) is 0.385. The van der Waals surface area contributed by atoms with Gasteiger partial charge >= 0.3 is 0 Å². The van der Waals surface area contributed by atoms with E-state index in [1.54, 1.807) is 12.1 Å². The molecule has 0 bridgehead atoms. The second-order valence-electron chi connectivity index (χ2n) is 4.13. The van der Waals surface area contributed by atoms with Gasteiger partial charge in [-0.15, -0.1) is 0 Å². The number of piperidine rings is 1. The molecule has 0 atom stereocenters. The van der Waals surface area contributed by atoms with Gasteiger partial charge in [0, 0.05) is 25.1 Å². The molecule has 0 saturated carbocycles. The maximum absolute atomic E-state index is 11.6. The molecule has 3 heteroatoms. The Kier molecular flexibility index (Phi) is 3.34. The van der Waals surface area contributed by atoms with Gasteiger partial charge in [0.2, 0.25) is 5.91 Å². The van der Waals surface area contributed by atoms with E-state index in [4.69, 9.17) is 0 Å². The minimum Gasteiger partial charge on any atom is -0.338 e. The van der Waals surface area contributed by atoms with Crippen molar-refractivity contribution in [3.63, 3.8) is 0 Å². The predicted octanol–water partition coefficient (Wildman–Crippen LogP) is 2.01. The van der Waals surface area contributed by atoms with E-state index in [1.165, 1.54) is 0 Å². The molecule has 0 aliphatic carbocycles. The number of amides is 1. The van der Waals surface area contributed by atoms with E-state index in [1.807, 2.05) is 17.0 Å². The highest BCUT2D eigenvalue weighted by Gasteiger charge is 2.17. The number of nitrogens with zero attached hydrogens (tertiary/aromatic N) is 1. The van der Waals surface area contributed by atoms with E-state index < -0.39 is 0 Å². The van der Waals surface area contributed by atoms with Crippen molar-refractivity contribution < 1.29 is 9.59 Å². The van der Waals surface area contributed by atoms with Crippen LogP contribution in [0, 0.1) is 0 Å². The summed E-state index contributed by atoms with van der Waals surface area (Å²) in [4.78, 5) is 24.0. The molecule has 2 rings (SSSR count). The van der Waals surface area contributed by atoms with Crippen LogP contribution in [0.4, 0.5) is 0 Å². The lowest BCUT2D eigenvalue weighted by atomic mass is 10.1. The molecule has 1 saturated heterocycles. The van der Waals surface area contributed by atoms with Crippen LogP contribution in [0.15, 0.2) is 24.3 Å². The van der Waals surface area contributed by atoms with Gasteiger partial charge in [-0.25, -0.2) is 0 Å². The Labute approximate surface area is 95.1 Å². The molecule has 1 aliphatic heterocycles.